The SMILES string of the molecule is CN(Cc1nc(Cl)c(C(OC(C)(C)C)C(=O)O)c(N2CCC(C)(C)CC2)c1-c1ccc2c(c1)CCN(c1ncnc3c1oc1ccccc13)C2)CC1CCOCC1. The van der Waals surface area contributed by atoms with E-state index in [0.29, 0.717) is 30.2 Å². The lowest BCUT2D eigenvalue weighted by molar-refractivity contribution is -0.160. The molecule has 12 heteroatoms. The maximum atomic E-state index is 13.2. The number of aromatic nitrogens is 3. The van der Waals surface area contributed by atoms with E-state index in [2.05, 4.69) is 58.8 Å². The number of aliphatic carboxylic acids is 1. The highest BCUT2D eigenvalue weighted by Gasteiger charge is 2.38. The number of hydrogen-bond donors (Lipinski definition) is 1. The van der Waals surface area contributed by atoms with Crippen molar-refractivity contribution in [2.75, 3.05) is 56.2 Å². The molecule has 2 aromatic carbocycles. The molecule has 0 amide bonds. The molecule has 0 radical (unpaired) electrons. The maximum absolute atomic E-state index is 13.2. The monoisotopic (exact) mass is 794 g/mol. The van der Waals surface area contributed by atoms with Crippen molar-refractivity contribution in [3.05, 3.63) is 76.3 Å². The molecule has 2 fully saturated rings. The first kappa shape index (κ1) is 39.5. The van der Waals surface area contributed by atoms with Crippen molar-refractivity contribution < 1.29 is 23.8 Å². The fraction of sp³-hybridized carbons (Fsp3) is 0.511. The van der Waals surface area contributed by atoms with Crippen LogP contribution < -0.4 is 9.80 Å². The van der Waals surface area contributed by atoms with Crippen molar-refractivity contribution in [1.29, 1.82) is 0 Å². The summed E-state index contributed by atoms with van der Waals surface area (Å²) in [5, 5.41) is 12.0. The first-order valence-corrected chi connectivity index (χ1v) is 20.8. The lowest BCUT2D eigenvalue weighted by Crippen LogP contribution is -2.39. The van der Waals surface area contributed by atoms with Gasteiger partial charge in [-0.05, 0) is 100 Å². The summed E-state index contributed by atoms with van der Waals surface area (Å²) >= 11 is 7.23. The number of para-hydroxylation sites is 1. The lowest BCUT2D eigenvalue weighted by Gasteiger charge is -2.41. The molecular weight excluding hydrogens is 740 g/mol. The Morgan fingerprint density at radius 3 is 2.54 bits per heavy atom. The molecule has 5 aromatic rings. The molecule has 302 valence electrons. The summed E-state index contributed by atoms with van der Waals surface area (Å²) in [7, 11) is 2.14. The minimum absolute atomic E-state index is 0.170. The third-order valence-corrected chi connectivity index (χ3v) is 12.2. The highest BCUT2D eigenvalue weighted by molar-refractivity contribution is 6.31. The molecule has 6 heterocycles. The largest absolute Gasteiger partial charge is 0.479 e. The van der Waals surface area contributed by atoms with Gasteiger partial charge < -0.3 is 33.7 Å². The van der Waals surface area contributed by atoms with Crippen molar-refractivity contribution >= 4 is 51.1 Å². The molecule has 1 N–H and O–H groups in total. The normalized spacial score (nSPS) is 18.4. The van der Waals surface area contributed by atoms with Crippen LogP contribution in [-0.2, 0) is 33.8 Å². The van der Waals surface area contributed by atoms with Crippen LogP contribution in [0.2, 0.25) is 5.15 Å². The molecule has 0 spiro atoms. The van der Waals surface area contributed by atoms with Crippen LogP contribution in [0.3, 0.4) is 0 Å². The Bertz CT molecular complexity index is 2270. The van der Waals surface area contributed by atoms with E-state index in [4.69, 9.17) is 35.5 Å². The van der Waals surface area contributed by atoms with E-state index in [9.17, 15) is 9.90 Å². The summed E-state index contributed by atoms with van der Waals surface area (Å²) in [6.07, 6.45) is 5.09. The number of carbonyl (C=O) groups is 1. The van der Waals surface area contributed by atoms with E-state index in [1.165, 1.54) is 11.1 Å². The Hall–Kier alpha value is -4.29. The minimum Gasteiger partial charge on any atom is -0.479 e. The average Bonchev–Trinajstić information content (AvgIpc) is 3.56. The number of benzene rings is 2. The molecule has 3 aliphatic heterocycles. The fourth-order valence-corrected chi connectivity index (χ4v) is 9.11. The van der Waals surface area contributed by atoms with Gasteiger partial charge in [-0.3, -0.25) is 0 Å². The van der Waals surface area contributed by atoms with E-state index < -0.39 is 17.7 Å². The molecule has 57 heavy (non-hydrogen) atoms. The van der Waals surface area contributed by atoms with Gasteiger partial charge in [0, 0.05) is 63.4 Å². The number of rotatable bonds is 10. The zero-order valence-electron chi connectivity index (χ0n) is 34.1. The predicted octanol–water partition coefficient (Wildman–Crippen LogP) is 9.08. The maximum Gasteiger partial charge on any atom is 0.337 e. The summed E-state index contributed by atoms with van der Waals surface area (Å²) in [6.45, 7) is 16.2. The summed E-state index contributed by atoms with van der Waals surface area (Å²) in [5.74, 6) is 0.238. The van der Waals surface area contributed by atoms with Gasteiger partial charge in [-0.25, -0.2) is 19.7 Å². The first-order valence-electron chi connectivity index (χ1n) is 20.4. The Labute approximate surface area is 340 Å². The topological polar surface area (TPSA) is 117 Å². The number of hydrogen-bond acceptors (Lipinski definition) is 10. The van der Waals surface area contributed by atoms with Crippen LogP contribution in [0.1, 0.15) is 88.8 Å². The number of piperidine rings is 1. The average molecular weight is 795 g/mol. The van der Waals surface area contributed by atoms with Crippen molar-refractivity contribution in [2.24, 2.45) is 11.3 Å². The van der Waals surface area contributed by atoms with Crippen LogP contribution in [0.5, 0.6) is 0 Å². The molecule has 2 saturated heterocycles. The highest BCUT2D eigenvalue weighted by Crippen LogP contribution is 2.47. The zero-order chi connectivity index (χ0) is 40.1. The van der Waals surface area contributed by atoms with E-state index in [1.807, 2.05) is 45.0 Å². The fourth-order valence-electron chi connectivity index (χ4n) is 8.82. The number of furan rings is 1. The van der Waals surface area contributed by atoms with E-state index in [0.717, 1.165) is 116 Å². The second kappa shape index (κ2) is 15.8. The molecule has 0 bridgehead atoms. The van der Waals surface area contributed by atoms with Gasteiger partial charge in [0.1, 0.15) is 22.6 Å². The van der Waals surface area contributed by atoms with Crippen LogP contribution in [0.15, 0.2) is 53.2 Å². The van der Waals surface area contributed by atoms with Gasteiger partial charge in [-0.15, -0.1) is 0 Å². The quantitative estimate of drug-likeness (QED) is 0.137. The van der Waals surface area contributed by atoms with Crippen LogP contribution in [0, 0.1) is 11.3 Å². The molecule has 1 unspecified atom stereocenters. The number of pyridine rings is 1. The van der Waals surface area contributed by atoms with Crippen molar-refractivity contribution in [2.45, 2.75) is 91.5 Å². The third-order valence-electron chi connectivity index (χ3n) is 11.9. The molecule has 0 aliphatic carbocycles. The first-order chi connectivity index (χ1) is 27.2. The number of halogens is 1. The molecule has 11 nitrogen and oxygen atoms in total. The Balaban J connectivity index is 1.23. The number of carboxylic acid groups (broad SMARTS) is 1. The van der Waals surface area contributed by atoms with Crippen molar-refractivity contribution in [1.82, 2.24) is 19.9 Å². The second-order valence-corrected chi connectivity index (χ2v) is 18.3. The second-order valence-electron chi connectivity index (χ2n) is 18.0. The smallest absolute Gasteiger partial charge is 0.337 e. The van der Waals surface area contributed by atoms with Gasteiger partial charge in [-0.1, -0.05) is 55.8 Å². The molecule has 8 rings (SSSR count). The van der Waals surface area contributed by atoms with Gasteiger partial charge in [0.15, 0.2) is 17.5 Å². The summed E-state index contributed by atoms with van der Waals surface area (Å²) < 4.78 is 18.3. The number of anilines is 2. The van der Waals surface area contributed by atoms with Gasteiger partial charge in [0.05, 0.1) is 22.5 Å². The van der Waals surface area contributed by atoms with Crippen molar-refractivity contribution in [3.63, 3.8) is 0 Å². The van der Waals surface area contributed by atoms with Crippen LogP contribution >= 0.6 is 11.6 Å². The van der Waals surface area contributed by atoms with E-state index in [-0.39, 0.29) is 10.6 Å². The van der Waals surface area contributed by atoms with Crippen molar-refractivity contribution in [3.8, 4) is 11.1 Å². The summed E-state index contributed by atoms with van der Waals surface area (Å²) in [4.78, 5) is 34.6. The van der Waals surface area contributed by atoms with Crippen LogP contribution in [0.4, 0.5) is 11.5 Å². The van der Waals surface area contributed by atoms with Gasteiger partial charge in [0.2, 0.25) is 0 Å². The molecule has 0 saturated carbocycles. The van der Waals surface area contributed by atoms with E-state index in [1.54, 1.807) is 6.33 Å². The lowest BCUT2D eigenvalue weighted by atomic mass is 9.82. The third kappa shape index (κ3) is 8.35. The van der Waals surface area contributed by atoms with E-state index >= 15 is 0 Å². The van der Waals surface area contributed by atoms with Gasteiger partial charge in [-0.2, -0.15) is 0 Å². The summed E-state index contributed by atoms with van der Waals surface area (Å²) in [5.41, 5.74) is 8.21. The van der Waals surface area contributed by atoms with Crippen LogP contribution in [-0.4, -0.2) is 83.0 Å². The zero-order valence-corrected chi connectivity index (χ0v) is 34.9. The van der Waals surface area contributed by atoms with Gasteiger partial charge in [0.25, 0.3) is 0 Å². The Morgan fingerprint density at radius 2 is 1.81 bits per heavy atom. The molecule has 3 aliphatic rings. The number of fused-ring (bicyclic) bond motifs is 4. The number of nitrogens with zero attached hydrogens (tertiary/aromatic N) is 6. The van der Waals surface area contributed by atoms with Crippen LogP contribution in [0.25, 0.3) is 33.2 Å². The minimum atomic E-state index is -1.31. The molecular formula is C45H55ClN6O5. The Morgan fingerprint density at radius 1 is 1.05 bits per heavy atom. The highest BCUT2D eigenvalue weighted by atomic mass is 35.5. The predicted molar refractivity (Wildman–Crippen MR) is 225 cm³/mol. The number of carboxylic acids is 1. The number of ether oxygens (including phenoxy) is 2. The Kier molecular flexibility index (Phi) is 11.0. The molecule has 1 atom stereocenters. The van der Waals surface area contributed by atoms with Gasteiger partial charge >= 0.3 is 5.97 Å². The summed E-state index contributed by atoms with van der Waals surface area (Å²) in [6, 6.07) is 14.6. The molecule has 3 aromatic heterocycles. The standard InChI is InChI=1S/C45H55ClN6O5/c1-44(2,3)57-39(43(53)54)36-38(51-19-16-45(4,5)17-20-51)35(33(49-41(36)46)26-50(6)24-28-14-21-55-22-15-28)30-11-12-31-25-52(18-13-29(31)23-30)42-40-37(47-27-48-42)32-9-7-8-10-34(32)56-40/h7-12,23,27-28,39H,13-22,24-26H2,1-6H3,(H,53,54).